The van der Waals surface area contributed by atoms with E-state index in [0.29, 0.717) is 11.9 Å². The molecule has 17 heavy (non-hydrogen) atoms. The maximum atomic E-state index is 12.2. The molecule has 1 unspecified atom stereocenters. The van der Waals surface area contributed by atoms with Gasteiger partial charge in [0.2, 0.25) is 5.91 Å². The molecule has 1 saturated carbocycles. The number of hydrogen-bond donors (Lipinski definition) is 1. The van der Waals surface area contributed by atoms with Crippen molar-refractivity contribution in [3.05, 3.63) is 0 Å². The SMILES string of the molecule is CC(CN1CCOCC1)N1CNC2(CC2)C1=O. The van der Waals surface area contributed by atoms with Crippen molar-refractivity contribution in [2.75, 3.05) is 39.5 Å². The summed E-state index contributed by atoms with van der Waals surface area (Å²) in [5.41, 5.74) is -0.154. The quantitative estimate of drug-likeness (QED) is 0.730. The Labute approximate surface area is 102 Å². The van der Waals surface area contributed by atoms with Crippen LogP contribution in [-0.2, 0) is 9.53 Å². The van der Waals surface area contributed by atoms with Gasteiger partial charge in [-0.2, -0.15) is 0 Å². The Hall–Kier alpha value is -0.650. The molecule has 2 heterocycles. The van der Waals surface area contributed by atoms with Crippen molar-refractivity contribution < 1.29 is 9.53 Å². The normalized spacial score (nSPS) is 29.9. The van der Waals surface area contributed by atoms with E-state index in [2.05, 4.69) is 17.1 Å². The minimum Gasteiger partial charge on any atom is -0.379 e. The average molecular weight is 239 g/mol. The maximum Gasteiger partial charge on any atom is 0.244 e. The Kier molecular flexibility index (Phi) is 2.84. The average Bonchev–Trinajstić information content (AvgIpc) is 3.04. The summed E-state index contributed by atoms with van der Waals surface area (Å²) in [4.78, 5) is 16.6. The van der Waals surface area contributed by atoms with Crippen molar-refractivity contribution >= 4 is 5.91 Å². The molecule has 1 atom stereocenters. The van der Waals surface area contributed by atoms with Crippen LogP contribution < -0.4 is 5.32 Å². The van der Waals surface area contributed by atoms with Crippen molar-refractivity contribution in [2.24, 2.45) is 0 Å². The fourth-order valence-corrected chi connectivity index (χ4v) is 2.79. The molecule has 2 saturated heterocycles. The van der Waals surface area contributed by atoms with Crippen LogP contribution in [0.5, 0.6) is 0 Å². The molecule has 0 aromatic rings. The summed E-state index contributed by atoms with van der Waals surface area (Å²) in [6.45, 7) is 7.47. The second-order valence-electron chi connectivity index (χ2n) is 5.45. The molecule has 1 amide bonds. The lowest BCUT2D eigenvalue weighted by Gasteiger charge is -2.32. The predicted octanol–water partition coefficient (Wildman–Crippen LogP) is -0.371. The highest BCUT2D eigenvalue weighted by atomic mass is 16.5. The fraction of sp³-hybridized carbons (Fsp3) is 0.917. The number of carbonyl (C=O) groups is 1. The lowest BCUT2D eigenvalue weighted by molar-refractivity contribution is -0.131. The monoisotopic (exact) mass is 239 g/mol. The highest BCUT2D eigenvalue weighted by Gasteiger charge is 2.56. The molecule has 5 nitrogen and oxygen atoms in total. The maximum absolute atomic E-state index is 12.2. The molecule has 0 aromatic heterocycles. The number of morpholine rings is 1. The fourth-order valence-electron chi connectivity index (χ4n) is 2.79. The van der Waals surface area contributed by atoms with Gasteiger partial charge < -0.3 is 9.64 Å². The van der Waals surface area contributed by atoms with Crippen molar-refractivity contribution in [1.82, 2.24) is 15.1 Å². The first-order valence-electron chi connectivity index (χ1n) is 6.57. The summed E-state index contributed by atoms with van der Waals surface area (Å²) in [5, 5.41) is 3.36. The number of hydrogen-bond acceptors (Lipinski definition) is 4. The number of nitrogens with zero attached hydrogens (tertiary/aromatic N) is 2. The van der Waals surface area contributed by atoms with Crippen LogP contribution >= 0.6 is 0 Å². The van der Waals surface area contributed by atoms with Crippen LogP contribution in [0.2, 0.25) is 0 Å². The molecule has 0 radical (unpaired) electrons. The van der Waals surface area contributed by atoms with Gasteiger partial charge in [-0.25, -0.2) is 0 Å². The third-order valence-electron chi connectivity index (χ3n) is 4.17. The first kappa shape index (κ1) is 11.4. The van der Waals surface area contributed by atoms with Gasteiger partial charge in [0.05, 0.1) is 25.4 Å². The minimum absolute atomic E-state index is 0.154. The summed E-state index contributed by atoms with van der Waals surface area (Å²) in [5.74, 6) is 0.318. The first-order valence-corrected chi connectivity index (χ1v) is 6.57. The first-order chi connectivity index (χ1) is 8.21. The number of nitrogens with one attached hydrogen (secondary N) is 1. The van der Waals surface area contributed by atoms with Crippen molar-refractivity contribution in [3.63, 3.8) is 0 Å². The highest BCUT2D eigenvalue weighted by molar-refractivity contribution is 5.91. The Morgan fingerprint density at radius 1 is 1.41 bits per heavy atom. The van der Waals surface area contributed by atoms with Crippen LogP contribution in [0.15, 0.2) is 0 Å². The van der Waals surface area contributed by atoms with Crippen LogP contribution in [0.4, 0.5) is 0 Å². The van der Waals surface area contributed by atoms with Gasteiger partial charge in [0.25, 0.3) is 0 Å². The molecule has 5 heteroatoms. The molecular weight excluding hydrogens is 218 g/mol. The van der Waals surface area contributed by atoms with E-state index < -0.39 is 0 Å². The molecule has 3 aliphatic rings. The zero-order valence-electron chi connectivity index (χ0n) is 10.4. The Bertz CT molecular complexity index is 311. The van der Waals surface area contributed by atoms with E-state index in [1.807, 2.05) is 4.90 Å². The summed E-state index contributed by atoms with van der Waals surface area (Å²) < 4.78 is 5.34. The molecule has 96 valence electrons. The zero-order valence-corrected chi connectivity index (χ0v) is 10.4. The van der Waals surface area contributed by atoms with E-state index in [9.17, 15) is 4.79 Å². The predicted molar refractivity (Wildman–Crippen MR) is 63.5 cm³/mol. The minimum atomic E-state index is -0.154. The molecule has 0 bridgehead atoms. The van der Waals surface area contributed by atoms with E-state index in [-0.39, 0.29) is 5.54 Å². The van der Waals surface area contributed by atoms with Crippen LogP contribution in [0.1, 0.15) is 19.8 Å². The summed E-state index contributed by atoms with van der Waals surface area (Å²) >= 11 is 0. The van der Waals surface area contributed by atoms with Gasteiger partial charge in [-0.05, 0) is 19.8 Å². The van der Waals surface area contributed by atoms with Crippen LogP contribution in [0.25, 0.3) is 0 Å². The second-order valence-corrected chi connectivity index (χ2v) is 5.45. The third-order valence-corrected chi connectivity index (χ3v) is 4.17. The largest absolute Gasteiger partial charge is 0.379 e. The number of rotatable bonds is 3. The number of carbonyl (C=O) groups excluding carboxylic acids is 1. The van der Waals surface area contributed by atoms with E-state index in [1.54, 1.807) is 0 Å². The Morgan fingerprint density at radius 2 is 2.12 bits per heavy atom. The lowest BCUT2D eigenvalue weighted by Crippen LogP contribution is -2.47. The molecule has 1 spiro atoms. The Balaban J connectivity index is 1.55. The summed E-state index contributed by atoms with van der Waals surface area (Å²) in [6.07, 6.45) is 2.04. The molecule has 3 rings (SSSR count). The van der Waals surface area contributed by atoms with Gasteiger partial charge >= 0.3 is 0 Å². The van der Waals surface area contributed by atoms with Crippen LogP contribution in [0.3, 0.4) is 0 Å². The topological polar surface area (TPSA) is 44.8 Å². The number of amides is 1. The third kappa shape index (κ3) is 2.07. The van der Waals surface area contributed by atoms with Gasteiger partial charge in [0.1, 0.15) is 0 Å². The van der Waals surface area contributed by atoms with E-state index in [1.165, 1.54) is 0 Å². The second kappa shape index (κ2) is 4.23. The lowest BCUT2D eigenvalue weighted by atomic mass is 10.2. The van der Waals surface area contributed by atoms with E-state index in [0.717, 1.165) is 52.4 Å². The van der Waals surface area contributed by atoms with Crippen LogP contribution in [-0.4, -0.2) is 66.8 Å². The molecule has 1 N–H and O–H groups in total. The van der Waals surface area contributed by atoms with Crippen molar-refractivity contribution in [3.8, 4) is 0 Å². The standard InChI is InChI=1S/C12H21N3O2/c1-10(8-14-4-6-17-7-5-14)15-9-13-12(2-3-12)11(15)16/h10,13H,2-9H2,1H3. The molecule has 3 fully saturated rings. The van der Waals surface area contributed by atoms with Gasteiger partial charge in [0.15, 0.2) is 0 Å². The van der Waals surface area contributed by atoms with Crippen LogP contribution in [0, 0.1) is 0 Å². The number of ether oxygens (including phenoxy) is 1. The zero-order chi connectivity index (χ0) is 11.9. The van der Waals surface area contributed by atoms with Gasteiger partial charge in [-0.15, -0.1) is 0 Å². The summed E-state index contributed by atoms with van der Waals surface area (Å²) in [7, 11) is 0. The molecular formula is C12H21N3O2. The van der Waals surface area contributed by atoms with Gasteiger partial charge in [-0.3, -0.25) is 15.0 Å². The van der Waals surface area contributed by atoms with Crippen molar-refractivity contribution in [1.29, 1.82) is 0 Å². The Morgan fingerprint density at radius 3 is 2.71 bits per heavy atom. The molecule has 2 aliphatic heterocycles. The van der Waals surface area contributed by atoms with E-state index in [4.69, 9.17) is 4.74 Å². The smallest absolute Gasteiger partial charge is 0.244 e. The van der Waals surface area contributed by atoms with E-state index >= 15 is 0 Å². The van der Waals surface area contributed by atoms with Crippen molar-refractivity contribution in [2.45, 2.75) is 31.3 Å². The van der Waals surface area contributed by atoms with Gasteiger partial charge in [0, 0.05) is 25.7 Å². The molecule has 0 aromatic carbocycles. The summed E-state index contributed by atoms with van der Waals surface area (Å²) in [6, 6.07) is 0.299. The molecule has 1 aliphatic carbocycles. The highest BCUT2D eigenvalue weighted by Crippen LogP contribution is 2.40. The van der Waals surface area contributed by atoms with Gasteiger partial charge in [-0.1, -0.05) is 0 Å².